The molecule has 160 valence electrons. The molecule has 1 fully saturated rings. The minimum atomic E-state index is -0.712. The third kappa shape index (κ3) is 4.53. The van der Waals surface area contributed by atoms with Crippen molar-refractivity contribution < 1.29 is 14.4 Å². The molecule has 2 aromatic heterocycles. The maximum absolute atomic E-state index is 10.4. The second-order valence-electron chi connectivity index (χ2n) is 7.73. The van der Waals surface area contributed by atoms with E-state index >= 15 is 0 Å². The van der Waals surface area contributed by atoms with E-state index in [9.17, 15) is 9.90 Å². The molecule has 2 atom stereocenters. The summed E-state index contributed by atoms with van der Waals surface area (Å²) in [5.41, 5.74) is 8.47. The fraction of sp³-hybridized carbons (Fsp3) is 0.348. The molecule has 0 spiro atoms. The van der Waals surface area contributed by atoms with Gasteiger partial charge in [0.05, 0.1) is 6.04 Å². The molecule has 0 bridgehead atoms. The van der Waals surface area contributed by atoms with Gasteiger partial charge in [-0.3, -0.25) is 4.79 Å². The van der Waals surface area contributed by atoms with Crippen LogP contribution in [-0.4, -0.2) is 38.8 Å². The predicted molar refractivity (Wildman–Crippen MR) is 115 cm³/mol. The van der Waals surface area contributed by atoms with Crippen molar-refractivity contribution in [2.45, 2.75) is 38.0 Å². The zero-order chi connectivity index (χ0) is 21.8. The number of aliphatic hydroxyl groups is 1. The quantitative estimate of drug-likeness (QED) is 0.398. The Kier molecular flexibility index (Phi) is 6.16. The molecule has 1 aromatic carbocycles. The van der Waals surface area contributed by atoms with Crippen LogP contribution in [0.1, 0.15) is 49.0 Å². The zero-order valence-electron chi connectivity index (χ0n) is 17.2. The smallest absolute Gasteiger partial charge is 0.207 e. The highest BCUT2D eigenvalue weighted by Gasteiger charge is 2.26. The van der Waals surface area contributed by atoms with Gasteiger partial charge in [-0.2, -0.15) is 0 Å². The largest absolute Gasteiger partial charge is 0.385 e. The van der Waals surface area contributed by atoms with Crippen molar-refractivity contribution in [3.8, 4) is 23.2 Å². The van der Waals surface area contributed by atoms with Gasteiger partial charge in [-0.1, -0.05) is 17.0 Å². The molecule has 1 aliphatic rings. The number of rotatable bonds is 7. The minimum absolute atomic E-state index is 0.260. The second kappa shape index (κ2) is 9.16. The van der Waals surface area contributed by atoms with E-state index in [2.05, 4.69) is 27.3 Å². The molecule has 2 heterocycles. The summed E-state index contributed by atoms with van der Waals surface area (Å²) >= 11 is 0. The molecule has 0 radical (unpaired) electrons. The molecular formula is C23H25N5O3. The van der Waals surface area contributed by atoms with Crippen molar-refractivity contribution in [1.82, 2.24) is 20.0 Å². The summed E-state index contributed by atoms with van der Waals surface area (Å²) in [5, 5.41) is 16.9. The zero-order valence-corrected chi connectivity index (χ0v) is 17.2. The fourth-order valence-electron chi connectivity index (χ4n) is 3.74. The summed E-state index contributed by atoms with van der Waals surface area (Å²) in [6.07, 6.45) is 5.26. The highest BCUT2D eigenvalue weighted by molar-refractivity contribution is 5.59. The number of aliphatic hydroxyl groups excluding tert-OH is 1. The number of carbonyl (C=O) groups is 1. The normalized spacial score (nSPS) is 19.6. The minimum Gasteiger partial charge on any atom is -0.385 e. The summed E-state index contributed by atoms with van der Waals surface area (Å²) in [5.74, 6) is 7.94. The van der Waals surface area contributed by atoms with Crippen LogP contribution in [0.3, 0.4) is 0 Å². The Morgan fingerprint density at radius 3 is 2.84 bits per heavy atom. The third-order valence-corrected chi connectivity index (χ3v) is 5.53. The molecule has 1 amide bonds. The summed E-state index contributed by atoms with van der Waals surface area (Å²) in [6, 6.07) is 9.63. The van der Waals surface area contributed by atoms with E-state index in [0.29, 0.717) is 29.7 Å². The number of aromatic nitrogens is 3. The molecule has 0 unspecified atom stereocenters. The van der Waals surface area contributed by atoms with Crippen molar-refractivity contribution in [1.29, 1.82) is 0 Å². The van der Waals surface area contributed by atoms with Crippen LogP contribution >= 0.6 is 0 Å². The van der Waals surface area contributed by atoms with Crippen molar-refractivity contribution in [2.24, 2.45) is 11.7 Å². The Hall–Kier alpha value is -3.41. The average molecular weight is 419 g/mol. The van der Waals surface area contributed by atoms with E-state index in [1.807, 2.05) is 34.9 Å². The summed E-state index contributed by atoms with van der Waals surface area (Å²) in [7, 11) is 0. The van der Waals surface area contributed by atoms with E-state index < -0.39 is 6.10 Å². The van der Waals surface area contributed by atoms with Crippen LogP contribution in [0, 0.1) is 17.8 Å². The molecule has 0 aliphatic heterocycles. The van der Waals surface area contributed by atoms with Gasteiger partial charge in [-0.15, -0.1) is 0 Å². The first-order valence-electron chi connectivity index (χ1n) is 10.3. The van der Waals surface area contributed by atoms with E-state index in [4.69, 9.17) is 10.3 Å². The lowest BCUT2D eigenvalue weighted by Gasteiger charge is -2.30. The Morgan fingerprint density at radius 1 is 1.39 bits per heavy atom. The van der Waals surface area contributed by atoms with Crippen LogP contribution in [0.25, 0.3) is 11.3 Å². The van der Waals surface area contributed by atoms with Crippen molar-refractivity contribution >= 4 is 6.41 Å². The summed E-state index contributed by atoms with van der Waals surface area (Å²) < 4.78 is 7.38. The number of hydrogen-bond acceptors (Lipinski definition) is 6. The molecule has 1 aliphatic carbocycles. The number of nitrogens with two attached hydrogens (primary N) is 1. The average Bonchev–Trinajstić information content (AvgIpc) is 3.41. The first kappa shape index (κ1) is 20.8. The molecule has 8 heteroatoms. The molecular weight excluding hydrogens is 394 g/mol. The van der Waals surface area contributed by atoms with Gasteiger partial charge < -0.3 is 25.2 Å². The summed E-state index contributed by atoms with van der Waals surface area (Å²) in [6.45, 7) is 1.96. The molecule has 8 nitrogen and oxygen atoms in total. The number of carbonyl (C=O) groups excluding carboxylic acids is 1. The Morgan fingerprint density at radius 2 is 2.16 bits per heavy atom. The van der Waals surface area contributed by atoms with Gasteiger partial charge >= 0.3 is 0 Å². The predicted octanol–water partition coefficient (Wildman–Crippen LogP) is 2.02. The van der Waals surface area contributed by atoms with E-state index in [0.717, 1.165) is 30.4 Å². The maximum atomic E-state index is 10.4. The highest BCUT2D eigenvalue weighted by atomic mass is 16.5. The lowest BCUT2D eigenvalue weighted by molar-refractivity contribution is -0.110. The van der Waals surface area contributed by atoms with Gasteiger partial charge in [0.2, 0.25) is 6.41 Å². The van der Waals surface area contributed by atoms with Crippen LogP contribution in [0.5, 0.6) is 0 Å². The molecule has 4 N–H and O–H groups in total. The van der Waals surface area contributed by atoms with Crippen molar-refractivity contribution in [3.63, 3.8) is 0 Å². The van der Waals surface area contributed by atoms with E-state index in [1.54, 1.807) is 19.3 Å². The number of nitrogens with one attached hydrogen (secondary N) is 1. The number of nitrogens with zero attached hydrogens (tertiary/aromatic N) is 3. The first-order chi connectivity index (χ1) is 15.1. The third-order valence-electron chi connectivity index (χ3n) is 5.53. The number of amides is 1. The van der Waals surface area contributed by atoms with E-state index in [-0.39, 0.29) is 12.1 Å². The van der Waals surface area contributed by atoms with Gasteiger partial charge in [0.25, 0.3) is 0 Å². The van der Waals surface area contributed by atoms with Gasteiger partial charge in [-0.05, 0) is 44.0 Å². The number of benzene rings is 1. The van der Waals surface area contributed by atoms with Gasteiger partial charge in [-0.25, -0.2) is 4.98 Å². The Bertz CT molecular complexity index is 1080. The highest BCUT2D eigenvalue weighted by Crippen LogP contribution is 2.28. The van der Waals surface area contributed by atoms with Gasteiger partial charge in [0.1, 0.15) is 17.6 Å². The molecule has 1 saturated carbocycles. The van der Waals surface area contributed by atoms with Crippen molar-refractivity contribution in [2.75, 3.05) is 6.54 Å². The SMILES string of the molecule is C[C@H](O)c1nccn1[C@H](CN)c1cc(-c2ccc(C#CC3CC(NC=O)C3)cc2)on1. The monoisotopic (exact) mass is 419 g/mol. The second-order valence-corrected chi connectivity index (χ2v) is 7.73. The van der Waals surface area contributed by atoms with Gasteiger partial charge in [0.15, 0.2) is 5.76 Å². The van der Waals surface area contributed by atoms with Crippen LogP contribution in [0.4, 0.5) is 0 Å². The number of hydrogen-bond donors (Lipinski definition) is 3. The standard InChI is InChI=1S/C23H25N5O3/c1-15(30)23-25-8-9-28(23)21(13-24)20-12-22(31-27-20)18-6-4-16(5-7-18)2-3-17-10-19(11-17)26-14-29/h4-9,12,14-15,17,19,21,30H,10-11,13,24H2,1H3,(H,26,29)/t15-,17?,19?,21+/m0/s1. The van der Waals surface area contributed by atoms with Crippen LogP contribution in [0.2, 0.25) is 0 Å². The molecule has 0 saturated heterocycles. The molecule has 31 heavy (non-hydrogen) atoms. The maximum Gasteiger partial charge on any atom is 0.207 e. The summed E-state index contributed by atoms with van der Waals surface area (Å²) in [4.78, 5) is 14.6. The lowest BCUT2D eigenvalue weighted by atomic mass is 9.81. The van der Waals surface area contributed by atoms with Crippen LogP contribution in [0.15, 0.2) is 47.2 Å². The Balaban J connectivity index is 1.45. The molecule has 4 rings (SSSR count). The van der Waals surface area contributed by atoms with Gasteiger partial charge in [0, 0.05) is 48.1 Å². The Labute approximate surface area is 180 Å². The van der Waals surface area contributed by atoms with E-state index in [1.165, 1.54) is 0 Å². The van der Waals surface area contributed by atoms with Crippen molar-refractivity contribution in [3.05, 3.63) is 59.8 Å². The molecule has 3 aromatic rings. The lowest BCUT2D eigenvalue weighted by Crippen LogP contribution is -2.39. The fourth-order valence-corrected chi connectivity index (χ4v) is 3.74. The first-order valence-corrected chi connectivity index (χ1v) is 10.3. The van der Waals surface area contributed by atoms with Crippen LogP contribution in [-0.2, 0) is 4.79 Å². The number of imidazole rings is 1. The van der Waals surface area contributed by atoms with Crippen LogP contribution < -0.4 is 11.1 Å². The topological polar surface area (TPSA) is 119 Å².